The van der Waals surface area contributed by atoms with E-state index in [9.17, 15) is 0 Å². The van der Waals surface area contributed by atoms with Crippen LogP contribution in [0.25, 0.3) is 11.1 Å². The lowest BCUT2D eigenvalue weighted by Crippen LogP contribution is -2.31. The van der Waals surface area contributed by atoms with Gasteiger partial charge in [-0.05, 0) is 46.1 Å². The maximum atomic E-state index is 5.64. The van der Waals surface area contributed by atoms with Gasteiger partial charge < -0.3 is 14.6 Å². The van der Waals surface area contributed by atoms with E-state index in [1.807, 2.05) is 32.9 Å². The first-order valence-electron chi connectivity index (χ1n) is 8.71. The minimum Gasteiger partial charge on any atom is -0.443 e. The smallest absolute Gasteiger partial charge is 0.231 e. The number of rotatable bonds is 3. The normalized spacial score (nSPS) is 14.9. The molecule has 7 nitrogen and oxygen atoms in total. The predicted octanol–water partition coefficient (Wildman–Crippen LogP) is 3.67. The molecule has 0 aliphatic carbocycles. The minimum absolute atomic E-state index is 0.488. The number of aryl methyl sites for hydroxylation is 3. The fourth-order valence-corrected chi connectivity index (χ4v) is 3.21. The third-order valence-electron chi connectivity index (χ3n) is 4.43. The van der Waals surface area contributed by atoms with Gasteiger partial charge in [0.2, 0.25) is 17.6 Å². The number of piperidine rings is 1. The van der Waals surface area contributed by atoms with Crippen molar-refractivity contribution in [2.45, 2.75) is 40.0 Å². The molecule has 1 aliphatic heterocycles. The number of nitrogens with one attached hydrogen (secondary N) is 1. The Hall–Kier alpha value is -2.70. The molecule has 1 N–H and O–H groups in total. The summed E-state index contributed by atoms with van der Waals surface area (Å²) in [6.45, 7) is 7.86. The molecule has 130 valence electrons. The monoisotopic (exact) mass is 338 g/mol. The molecule has 0 unspecified atom stereocenters. The quantitative estimate of drug-likeness (QED) is 0.780. The number of furan rings is 1. The number of nitrogens with zero attached hydrogens (tertiary/aromatic N) is 5. The summed E-state index contributed by atoms with van der Waals surface area (Å²) < 4.78 is 5.64. The van der Waals surface area contributed by atoms with E-state index in [2.05, 4.69) is 30.2 Å². The lowest BCUT2D eigenvalue weighted by atomic mass is 10.1. The van der Waals surface area contributed by atoms with Gasteiger partial charge in [-0.2, -0.15) is 9.97 Å². The van der Waals surface area contributed by atoms with Crippen molar-refractivity contribution in [2.24, 2.45) is 0 Å². The number of anilines is 3. The Morgan fingerprint density at radius 1 is 0.960 bits per heavy atom. The van der Waals surface area contributed by atoms with E-state index in [-0.39, 0.29) is 0 Å². The summed E-state index contributed by atoms with van der Waals surface area (Å²) in [4.78, 5) is 20.5. The second-order valence-electron chi connectivity index (χ2n) is 6.58. The lowest BCUT2D eigenvalue weighted by Gasteiger charge is -2.27. The molecule has 1 aliphatic rings. The zero-order chi connectivity index (χ0) is 17.4. The van der Waals surface area contributed by atoms with E-state index < -0.39 is 0 Å². The van der Waals surface area contributed by atoms with E-state index in [4.69, 9.17) is 4.42 Å². The average Bonchev–Trinajstić information content (AvgIpc) is 2.96. The van der Waals surface area contributed by atoms with Gasteiger partial charge in [0.15, 0.2) is 0 Å². The van der Waals surface area contributed by atoms with Crippen molar-refractivity contribution in [1.82, 2.24) is 19.9 Å². The van der Waals surface area contributed by atoms with E-state index >= 15 is 0 Å². The van der Waals surface area contributed by atoms with Crippen molar-refractivity contribution in [3.63, 3.8) is 0 Å². The first-order valence-corrected chi connectivity index (χ1v) is 8.71. The van der Waals surface area contributed by atoms with Gasteiger partial charge in [0.1, 0.15) is 11.6 Å². The van der Waals surface area contributed by atoms with Crippen LogP contribution in [0.3, 0.4) is 0 Å². The van der Waals surface area contributed by atoms with Gasteiger partial charge in [-0.25, -0.2) is 9.97 Å². The molecule has 3 aromatic rings. The fraction of sp³-hybridized carbons (Fsp3) is 0.444. The van der Waals surface area contributed by atoms with Crippen LogP contribution in [0.5, 0.6) is 0 Å². The van der Waals surface area contributed by atoms with Gasteiger partial charge in [-0.15, -0.1) is 0 Å². The van der Waals surface area contributed by atoms with E-state index in [0.29, 0.717) is 17.5 Å². The van der Waals surface area contributed by atoms with Crippen LogP contribution in [-0.4, -0.2) is 33.0 Å². The van der Waals surface area contributed by atoms with Crippen LogP contribution < -0.4 is 10.2 Å². The lowest BCUT2D eigenvalue weighted by molar-refractivity contribution is 0.567. The van der Waals surface area contributed by atoms with Crippen molar-refractivity contribution in [3.05, 3.63) is 29.3 Å². The molecule has 0 aromatic carbocycles. The third-order valence-corrected chi connectivity index (χ3v) is 4.43. The Kier molecular flexibility index (Phi) is 3.99. The van der Waals surface area contributed by atoms with Crippen LogP contribution in [-0.2, 0) is 0 Å². The highest BCUT2D eigenvalue weighted by molar-refractivity contribution is 5.78. The summed E-state index contributed by atoms with van der Waals surface area (Å²) in [6.07, 6.45) is 3.66. The minimum atomic E-state index is 0.488. The molecule has 0 saturated carbocycles. The zero-order valence-electron chi connectivity index (χ0n) is 14.8. The van der Waals surface area contributed by atoms with Crippen LogP contribution in [0.4, 0.5) is 17.7 Å². The second kappa shape index (κ2) is 6.31. The molecular formula is C18H22N6O. The van der Waals surface area contributed by atoms with Crippen LogP contribution >= 0.6 is 0 Å². The number of aromatic nitrogens is 4. The highest BCUT2D eigenvalue weighted by atomic mass is 16.3. The second-order valence-corrected chi connectivity index (χ2v) is 6.58. The number of hydrogen-bond donors (Lipinski definition) is 1. The third kappa shape index (κ3) is 3.26. The number of fused-ring (bicyclic) bond motifs is 1. The molecule has 0 spiro atoms. The van der Waals surface area contributed by atoms with Gasteiger partial charge in [0, 0.05) is 24.8 Å². The Balaban J connectivity index is 1.65. The summed E-state index contributed by atoms with van der Waals surface area (Å²) in [5.74, 6) is 2.79. The van der Waals surface area contributed by atoms with Gasteiger partial charge in [-0.3, -0.25) is 0 Å². The predicted molar refractivity (Wildman–Crippen MR) is 97.4 cm³/mol. The standard InChI is InChI=1S/C18H22N6O/c1-11-9-15(22-18(19-11)24-7-5-4-6-8-24)21-17-20-13(3)14-10-12(2)25-16(14)23-17/h9-10H,4-8H2,1-3H3,(H,19,20,21,22,23). The molecule has 0 atom stereocenters. The van der Waals surface area contributed by atoms with E-state index in [1.165, 1.54) is 19.3 Å². The molecule has 4 rings (SSSR count). The van der Waals surface area contributed by atoms with Crippen LogP contribution in [0.15, 0.2) is 16.5 Å². The first kappa shape index (κ1) is 15.8. The van der Waals surface area contributed by atoms with E-state index in [1.54, 1.807) is 0 Å². The Labute approximate surface area is 146 Å². The van der Waals surface area contributed by atoms with Gasteiger partial charge >= 0.3 is 0 Å². The topological polar surface area (TPSA) is 80.0 Å². The summed E-state index contributed by atoms with van der Waals surface area (Å²) in [7, 11) is 0. The molecule has 7 heteroatoms. The zero-order valence-corrected chi connectivity index (χ0v) is 14.8. The van der Waals surface area contributed by atoms with Crippen molar-refractivity contribution in [3.8, 4) is 0 Å². The highest BCUT2D eigenvalue weighted by Gasteiger charge is 2.15. The van der Waals surface area contributed by atoms with Gasteiger partial charge in [0.25, 0.3) is 0 Å². The SMILES string of the molecule is Cc1cc(Nc2nc(C)c3cc(C)oc3n2)nc(N2CCCCC2)n1. The van der Waals surface area contributed by atoms with Crippen LogP contribution in [0.2, 0.25) is 0 Å². The molecule has 1 saturated heterocycles. The van der Waals surface area contributed by atoms with E-state index in [0.717, 1.165) is 41.6 Å². The molecule has 0 amide bonds. The Bertz CT molecular complexity index is 913. The molecule has 4 heterocycles. The average molecular weight is 338 g/mol. The number of hydrogen-bond acceptors (Lipinski definition) is 7. The molecule has 25 heavy (non-hydrogen) atoms. The maximum absolute atomic E-state index is 5.64. The Morgan fingerprint density at radius 2 is 1.76 bits per heavy atom. The van der Waals surface area contributed by atoms with Crippen molar-refractivity contribution in [2.75, 3.05) is 23.3 Å². The van der Waals surface area contributed by atoms with Crippen LogP contribution in [0, 0.1) is 20.8 Å². The largest absolute Gasteiger partial charge is 0.443 e. The van der Waals surface area contributed by atoms with Crippen molar-refractivity contribution in [1.29, 1.82) is 0 Å². The summed E-state index contributed by atoms with van der Waals surface area (Å²) in [6, 6.07) is 3.86. The van der Waals surface area contributed by atoms with Crippen molar-refractivity contribution >= 4 is 28.8 Å². The summed E-state index contributed by atoms with van der Waals surface area (Å²) >= 11 is 0. The summed E-state index contributed by atoms with van der Waals surface area (Å²) in [5.41, 5.74) is 2.39. The molecule has 0 bridgehead atoms. The first-order chi connectivity index (χ1) is 12.1. The van der Waals surface area contributed by atoms with Crippen molar-refractivity contribution < 1.29 is 4.42 Å². The molecule has 0 radical (unpaired) electrons. The summed E-state index contributed by atoms with van der Waals surface area (Å²) in [5, 5.41) is 4.15. The highest BCUT2D eigenvalue weighted by Crippen LogP contribution is 2.23. The molecule has 1 fully saturated rings. The fourth-order valence-electron chi connectivity index (χ4n) is 3.21. The van der Waals surface area contributed by atoms with Crippen LogP contribution in [0.1, 0.15) is 36.4 Å². The molecule has 3 aromatic heterocycles. The van der Waals surface area contributed by atoms with Gasteiger partial charge in [0.05, 0.1) is 11.1 Å². The Morgan fingerprint density at radius 3 is 2.56 bits per heavy atom. The maximum Gasteiger partial charge on any atom is 0.231 e. The van der Waals surface area contributed by atoms with Gasteiger partial charge in [-0.1, -0.05) is 0 Å². The molecular weight excluding hydrogens is 316 g/mol.